The van der Waals surface area contributed by atoms with Crippen LogP contribution in [0.5, 0.6) is 0 Å². The summed E-state index contributed by atoms with van der Waals surface area (Å²) < 4.78 is 41.0. The summed E-state index contributed by atoms with van der Waals surface area (Å²) in [6.45, 7) is 9.19. The molecule has 1 amide bonds. The van der Waals surface area contributed by atoms with E-state index in [1.807, 2.05) is 20.8 Å². The van der Waals surface area contributed by atoms with E-state index in [0.29, 0.717) is 38.4 Å². The molecule has 1 aromatic carbocycles. The van der Waals surface area contributed by atoms with Crippen LogP contribution in [0.25, 0.3) is 0 Å². The molecule has 0 bridgehead atoms. The van der Waals surface area contributed by atoms with Crippen molar-refractivity contribution in [3.05, 3.63) is 47.3 Å². The minimum absolute atomic E-state index is 0.187. The lowest BCUT2D eigenvalue weighted by Crippen LogP contribution is -2.49. The van der Waals surface area contributed by atoms with Gasteiger partial charge >= 0.3 is 18.2 Å². The molecule has 1 N–H and O–H groups in total. The van der Waals surface area contributed by atoms with Gasteiger partial charge in [-0.1, -0.05) is 19.9 Å². The zero-order chi connectivity index (χ0) is 25.8. The van der Waals surface area contributed by atoms with Gasteiger partial charge in [0.25, 0.3) is 0 Å². The van der Waals surface area contributed by atoms with Gasteiger partial charge < -0.3 is 14.9 Å². The maximum absolute atomic E-state index is 13.3. The first-order valence-electron chi connectivity index (χ1n) is 11.9. The Hall–Kier alpha value is -3.08. The lowest BCUT2D eigenvalue weighted by molar-refractivity contribution is -0.137. The second-order valence-corrected chi connectivity index (χ2v) is 8.52. The lowest BCUT2D eigenvalue weighted by Gasteiger charge is -2.35. The number of carbonyl (C=O) groups excluding carboxylic acids is 1. The van der Waals surface area contributed by atoms with E-state index >= 15 is 0 Å². The molecule has 2 fully saturated rings. The summed E-state index contributed by atoms with van der Waals surface area (Å²) in [5.41, 5.74) is 0.629. The zero-order valence-corrected chi connectivity index (χ0v) is 20.3. The fourth-order valence-electron chi connectivity index (χ4n) is 4.46. The monoisotopic (exact) mass is 495 g/mol. The van der Waals surface area contributed by atoms with Gasteiger partial charge in [-0.15, -0.1) is 0 Å². The van der Waals surface area contributed by atoms with Gasteiger partial charge in [-0.3, -0.25) is 4.90 Å². The molecule has 0 radical (unpaired) electrons. The second kappa shape index (κ2) is 11.1. The summed E-state index contributed by atoms with van der Waals surface area (Å²) in [5, 5.41) is 12.7. The van der Waals surface area contributed by atoms with Crippen molar-refractivity contribution in [1.82, 2.24) is 19.6 Å². The third-order valence-electron chi connectivity index (χ3n) is 6.32. The van der Waals surface area contributed by atoms with Gasteiger partial charge in [0.05, 0.1) is 5.56 Å². The second-order valence-electron chi connectivity index (χ2n) is 8.52. The Morgan fingerprint density at radius 1 is 1.09 bits per heavy atom. The average Bonchev–Trinajstić information content (AvgIpc) is 3.50. The minimum atomic E-state index is -4.39. The molecule has 2 saturated heterocycles. The Morgan fingerprint density at radius 3 is 2.31 bits per heavy atom. The summed E-state index contributed by atoms with van der Waals surface area (Å²) in [7, 11) is 0. The van der Waals surface area contributed by atoms with E-state index in [-0.39, 0.29) is 11.7 Å². The number of alkyl halides is 3. The van der Waals surface area contributed by atoms with Crippen LogP contribution in [-0.4, -0.2) is 75.5 Å². The van der Waals surface area contributed by atoms with Crippen LogP contribution in [0, 0.1) is 0 Å². The number of benzene rings is 1. The van der Waals surface area contributed by atoms with Crippen LogP contribution < -0.4 is 4.90 Å². The predicted octanol–water partition coefficient (Wildman–Crippen LogP) is 4.40. The van der Waals surface area contributed by atoms with Crippen LogP contribution in [0.2, 0.25) is 0 Å². The smallest absolute Gasteiger partial charge is 0.416 e. The van der Waals surface area contributed by atoms with Crippen molar-refractivity contribution < 1.29 is 27.9 Å². The third kappa shape index (κ3) is 6.14. The molecule has 35 heavy (non-hydrogen) atoms. The maximum atomic E-state index is 13.3. The summed E-state index contributed by atoms with van der Waals surface area (Å²) in [6.07, 6.45) is -1.17. The highest BCUT2D eigenvalue weighted by Crippen LogP contribution is 2.36. The van der Waals surface area contributed by atoms with Crippen molar-refractivity contribution >= 4 is 17.7 Å². The van der Waals surface area contributed by atoms with Crippen LogP contribution >= 0.6 is 0 Å². The first-order chi connectivity index (χ1) is 16.6. The number of halogens is 3. The molecule has 1 atom stereocenters. The predicted molar refractivity (Wildman–Crippen MR) is 126 cm³/mol. The first kappa shape index (κ1) is 26.5. The summed E-state index contributed by atoms with van der Waals surface area (Å²) >= 11 is 0. The molecular weight excluding hydrogens is 463 g/mol. The maximum Gasteiger partial charge on any atom is 0.416 e. The third-order valence-corrected chi connectivity index (χ3v) is 6.32. The zero-order valence-electron chi connectivity index (χ0n) is 20.3. The van der Waals surface area contributed by atoms with Gasteiger partial charge in [-0.2, -0.15) is 23.0 Å². The molecule has 2 aromatic rings. The van der Waals surface area contributed by atoms with Crippen LogP contribution in [0.1, 0.15) is 55.2 Å². The Morgan fingerprint density at radius 2 is 1.77 bits per heavy atom. The highest BCUT2D eigenvalue weighted by molar-refractivity contribution is 5.86. The van der Waals surface area contributed by atoms with Gasteiger partial charge in [0.1, 0.15) is 0 Å². The van der Waals surface area contributed by atoms with E-state index in [1.54, 1.807) is 11.0 Å². The van der Waals surface area contributed by atoms with Crippen molar-refractivity contribution in [1.29, 1.82) is 0 Å². The van der Waals surface area contributed by atoms with Crippen LogP contribution in [0.15, 0.2) is 30.5 Å². The standard InChI is InChI=1S/C22H26F3N5O3.C2H6/c1-15-3-2-7-29(15)19-13-17(22(23,24)25)5-4-16(19)14-27-9-11-28(12-10-27)21(33)30-8-6-18(26-30)20(31)32;1-2/h4-6,8,13,15H,2-3,7,9-12,14H2,1H3,(H,31,32);1-2H3. The SMILES string of the molecule is CC.CC1CCCN1c1cc(C(F)(F)F)ccc1CN1CCN(C(=O)n2ccc(C(=O)O)n2)CC1. The summed E-state index contributed by atoms with van der Waals surface area (Å²) in [4.78, 5) is 29.3. The van der Waals surface area contributed by atoms with Gasteiger partial charge in [0.2, 0.25) is 0 Å². The van der Waals surface area contributed by atoms with Gasteiger partial charge in [0, 0.05) is 57.2 Å². The lowest BCUT2D eigenvalue weighted by atomic mass is 10.1. The number of rotatable bonds is 4. The number of carbonyl (C=O) groups is 2. The van der Waals surface area contributed by atoms with Crippen LogP contribution in [-0.2, 0) is 12.7 Å². The molecule has 1 aromatic heterocycles. The van der Waals surface area contributed by atoms with E-state index in [0.717, 1.165) is 35.7 Å². The molecule has 11 heteroatoms. The average molecular weight is 496 g/mol. The van der Waals surface area contributed by atoms with Crippen molar-refractivity contribution in [3.63, 3.8) is 0 Å². The quantitative estimate of drug-likeness (QED) is 0.677. The number of anilines is 1. The van der Waals surface area contributed by atoms with Crippen molar-refractivity contribution in [3.8, 4) is 0 Å². The number of carboxylic acids is 1. The molecule has 2 aliphatic heterocycles. The fourth-order valence-corrected chi connectivity index (χ4v) is 4.46. The Labute approximate surface area is 202 Å². The largest absolute Gasteiger partial charge is 0.476 e. The molecule has 0 saturated carbocycles. The highest BCUT2D eigenvalue weighted by Gasteiger charge is 2.33. The molecular formula is C24H32F3N5O3. The van der Waals surface area contributed by atoms with Crippen molar-refractivity contribution in [2.45, 2.75) is 52.4 Å². The number of amides is 1. The molecule has 3 heterocycles. The van der Waals surface area contributed by atoms with Crippen LogP contribution in [0.4, 0.5) is 23.7 Å². The number of aromatic nitrogens is 2. The van der Waals surface area contributed by atoms with Crippen LogP contribution in [0.3, 0.4) is 0 Å². The van der Waals surface area contributed by atoms with E-state index < -0.39 is 23.7 Å². The highest BCUT2D eigenvalue weighted by atomic mass is 19.4. The molecule has 4 rings (SSSR count). The number of piperazine rings is 1. The molecule has 0 aliphatic carbocycles. The first-order valence-corrected chi connectivity index (χ1v) is 11.9. The van der Waals surface area contributed by atoms with Crippen molar-refractivity contribution in [2.75, 3.05) is 37.6 Å². The minimum Gasteiger partial charge on any atom is -0.476 e. The fraction of sp³-hybridized carbons (Fsp3) is 0.542. The Balaban J connectivity index is 0.00000167. The topological polar surface area (TPSA) is 81.9 Å². The van der Waals surface area contributed by atoms with E-state index in [4.69, 9.17) is 5.11 Å². The van der Waals surface area contributed by atoms with Gasteiger partial charge in [-0.05, 0) is 43.5 Å². The van der Waals surface area contributed by atoms with Crippen molar-refractivity contribution in [2.24, 2.45) is 0 Å². The number of nitrogens with zero attached hydrogens (tertiary/aromatic N) is 5. The number of hydrogen-bond donors (Lipinski definition) is 1. The molecule has 8 nitrogen and oxygen atoms in total. The number of hydrogen-bond acceptors (Lipinski definition) is 5. The summed E-state index contributed by atoms with van der Waals surface area (Å²) in [6, 6.07) is 5.01. The van der Waals surface area contributed by atoms with Gasteiger partial charge in [-0.25, -0.2) is 9.59 Å². The number of carboxylic acid groups (broad SMARTS) is 1. The number of aromatic carboxylic acids is 1. The molecule has 2 aliphatic rings. The normalized spacial score (nSPS) is 18.9. The van der Waals surface area contributed by atoms with E-state index in [2.05, 4.69) is 14.9 Å². The Kier molecular flexibility index (Phi) is 8.42. The van der Waals surface area contributed by atoms with E-state index in [9.17, 15) is 22.8 Å². The van der Waals surface area contributed by atoms with E-state index in [1.165, 1.54) is 18.3 Å². The van der Waals surface area contributed by atoms with Gasteiger partial charge in [0.15, 0.2) is 5.69 Å². The molecule has 0 spiro atoms. The molecule has 1 unspecified atom stereocenters. The molecule has 192 valence electrons. The Bertz CT molecular complexity index is 1030. The summed E-state index contributed by atoms with van der Waals surface area (Å²) in [5.74, 6) is -1.20.